The second kappa shape index (κ2) is 9.26. The number of hydrogen-bond donors (Lipinski definition) is 2. The molecule has 1 aliphatic rings. The quantitative estimate of drug-likeness (QED) is 0.837. The molecule has 0 saturated heterocycles. The molecule has 0 spiro atoms. The summed E-state index contributed by atoms with van der Waals surface area (Å²) in [6.07, 6.45) is 2.57. The summed E-state index contributed by atoms with van der Waals surface area (Å²) in [4.78, 5) is 14.2. The number of likely N-dealkylation sites (N-methyl/N-ethyl adjacent to an activating group) is 1. The fraction of sp³-hybridized carbons (Fsp3) is 0.533. The van der Waals surface area contributed by atoms with Gasteiger partial charge >= 0.3 is 0 Å². The second-order valence-electron chi connectivity index (χ2n) is 5.39. The molecule has 0 heterocycles. The lowest BCUT2D eigenvalue weighted by molar-refractivity contribution is -0.122. The Morgan fingerprint density at radius 1 is 1.33 bits per heavy atom. The van der Waals surface area contributed by atoms with Crippen LogP contribution < -0.4 is 11.1 Å². The smallest absolute Gasteiger partial charge is 0.241 e. The van der Waals surface area contributed by atoms with Gasteiger partial charge in [-0.3, -0.25) is 4.79 Å². The summed E-state index contributed by atoms with van der Waals surface area (Å²) in [5.41, 5.74) is 7.98. The molecule has 0 aliphatic heterocycles. The highest BCUT2D eigenvalue weighted by atomic mass is 35.5. The standard InChI is InChI=1S/C15H23N3O.2ClH/c1-11-3-5-12(6-4-11)14(16)15(19)17-9-10-18(2)13-7-8-13;;/h3-6,13-14H,7-10,16H2,1-2H3,(H,17,19);2*1H. The van der Waals surface area contributed by atoms with Crippen molar-refractivity contribution in [1.82, 2.24) is 10.2 Å². The summed E-state index contributed by atoms with van der Waals surface area (Å²) >= 11 is 0. The van der Waals surface area contributed by atoms with Gasteiger partial charge in [-0.15, -0.1) is 24.8 Å². The number of benzene rings is 1. The van der Waals surface area contributed by atoms with E-state index in [2.05, 4.69) is 17.3 Å². The Bertz CT molecular complexity index is 435. The first-order chi connectivity index (χ1) is 9.08. The van der Waals surface area contributed by atoms with Crippen LogP contribution in [0.15, 0.2) is 24.3 Å². The number of nitrogens with zero attached hydrogens (tertiary/aromatic N) is 1. The number of carbonyl (C=O) groups is 1. The lowest BCUT2D eigenvalue weighted by Gasteiger charge is -2.17. The van der Waals surface area contributed by atoms with E-state index in [1.54, 1.807) is 0 Å². The van der Waals surface area contributed by atoms with Gasteiger partial charge in [0.15, 0.2) is 0 Å². The van der Waals surface area contributed by atoms with Gasteiger partial charge in [-0.2, -0.15) is 0 Å². The van der Waals surface area contributed by atoms with Crippen molar-refractivity contribution in [3.63, 3.8) is 0 Å². The maximum absolute atomic E-state index is 11.9. The van der Waals surface area contributed by atoms with E-state index < -0.39 is 6.04 Å². The topological polar surface area (TPSA) is 58.4 Å². The molecule has 3 N–H and O–H groups in total. The highest BCUT2D eigenvalue weighted by Crippen LogP contribution is 2.24. The number of aryl methyl sites for hydroxylation is 1. The largest absolute Gasteiger partial charge is 0.353 e. The fourth-order valence-corrected chi connectivity index (χ4v) is 2.09. The SMILES string of the molecule is Cc1ccc(C(N)C(=O)NCCN(C)C2CC2)cc1.Cl.Cl. The average molecular weight is 334 g/mol. The van der Waals surface area contributed by atoms with Gasteiger partial charge in [-0.05, 0) is 32.4 Å². The number of carbonyl (C=O) groups excluding carboxylic acids is 1. The predicted octanol–water partition coefficient (Wildman–Crippen LogP) is 2.05. The normalized spacial score (nSPS) is 14.9. The zero-order chi connectivity index (χ0) is 13.8. The first kappa shape index (κ1) is 20.2. The van der Waals surface area contributed by atoms with Gasteiger partial charge in [0.2, 0.25) is 5.91 Å². The number of nitrogens with one attached hydrogen (secondary N) is 1. The minimum absolute atomic E-state index is 0. The van der Waals surface area contributed by atoms with Crippen molar-refractivity contribution in [1.29, 1.82) is 0 Å². The van der Waals surface area contributed by atoms with E-state index in [0.29, 0.717) is 6.54 Å². The molecule has 4 nitrogen and oxygen atoms in total. The molecule has 0 radical (unpaired) electrons. The molecule has 1 atom stereocenters. The van der Waals surface area contributed by atoms with Gasteiger partial charge < -0.3 is 16.0 Å². The first-order valence-electron chi connectivity index (χ1n) is 6.88. The van der Waals surface area contributed by atoms with Crippen LogP contribution in [0.3, 0.4) is 0 Å². The summed E-state index contributed by atoms with van der Waals surface area (Å²) in [5.74, 6) is -0.104. The molecule has 0 aromatic heterocycles. The Morgan fingerprint density at radius 3 is 2.43 bits per heavy atom. The van der Waals surface area contributed by atoms with Crippen molar-refractivity contribution in [2.45, 2.75) is 31.8 Å². The van der Waals surface area contributed by atoms with Crippen LogP contribution in [0, 0.1) is 6.92 Å². The van der Waals surface area contributed by atoms with Gasteiger partial charge in [0, 0.05) is 19.1 Å². The van der Waals surface area contributed by atoms with Crippen molar-refractivity contribution in [2.24, 2.45) is 5.73 Å². The molecule has 0 bridgehead atoms. The van der Waals surface area contributed by atoms with E-state index >= 15 is 0 Å². The fourth-order valence-electron chi connectivity index (χ4n) is 2.09. The molecule has 120 valence electrons. The molecule has 1 aromatic carbocycles. The molecule has 1 fully saturated rings. The van der Waals surface area contributed by atoms with Gasteiger partial charge in [0.25, 0.3) is 0 Å². The van der Waals surface area contributed by atoms with Crippen molar-refractivity contribution >= 4 is 30.7 Å². The number of nitrogens with two attached hydrogens (primary N) is 1. The minimum atomic E-state index is -0.577. The number of amides is 1. The predicted molar refractivity (Wildman–Crippen MR) is 91.3 cm³/mol. The number of halogens is 2. The van der Waals surface area contributed by atoms with Crippen molar-refractivity contribution < 1.29 is 4.79 Å². The Labute approximate surface area is 139 Å². The Hall–Kier alpha value is -0.810. The molecule has 1 unspecified atom stereocenters. The number of rotatable bonds is 6. The number of hydrogen-bond acceptors (Lipinski definition) is 3. The average Bonchev–Trinajstić information content (AvgIpc) is 3.23. The monoisotopic (exact) mass is 333 g/mol. The van der Waals surface area contributed by atoms with Gasteiger partial charge in [0.1, 0.15) is 6.04 Å². The molecule has 1 aromatic rings. The summed E-state index contributed by atoms with van der Waals surface area (Å²) in [6.45, 7) is 3.56. The van der Waals surface area contributed by atoms with Gasteiger partial charge in [-0.1, -0.05) is 29.8 Å². The maximum atomic E-state index is 11.9. The van der Waals surface area contributed by atoms with Crippen LogP contribution in [0.5, 0.6) is 0 Å². The van der Waals surface area contributed by atoms with Crippen molar-refractivity contribution in [3.05, 3.63) is 35.4 Å². The Balaban J connectivity index is 0.00000200. The van der Waals surface area contributed by atoms with E-state index in [9.17, 15) is 4.79 Å². The van der Waals surface area contributed by atoms with Gasteiger partial charge in [-0.25, -0.2) is 0 Å². The van der Waals surface area contributed by atoms with E-state index in [1.165, 1.54) is 18.4 Å². The Kier molecular flexibility index (Phi) is 8.90. The zero-order valence-corrected chi connectivity index (χ0v) is 14.2. The summed E-state index contributed by atoms with van der Waals surface area (Å²) < 4.78 is 0. The van der Waals surface area contributed by atoms with Crippen molar-refractivity contribution in [3.8, 4) is 0 Å². The van der Waals surface area contributed by atoms with Crippen molar-refractivity contribution in [2.75, 3.05) is 20.1 Å². The van der Waals surface area contributed by atoms with Crippen LogP contribution in [-0.4, -0.2) is 37.0 Å². The maximum Gasteiger partial charge on any atom is 0.241 e. The molecule has 6 heteroatoms. The highest BCUT2D eigenvalue weighted by molar-refractivity contribution is 5.85. The lowest BCUT2D eigenvalue weighted by Crippen LogP contribution is -2.38. The van der Waals surface area contributed by atoms with Crippen LogP contribution in [0.4, 0.5) is 0 Å². The van der Waals surface area contributed by atoms with E-state index in [-0.39, 0.29) is 30.7 Å². The van der Waals surface area contributed by atoms with Crippen LogP contribution in [-0.2, 0) is 4.79 Å². The zero-order valence-electron chi connectivity index (χ0n) is 12.5. The summed E-state index contributed by atoms with van der Waals surface area (Å²) in [6, 6.07) is 7.92. The molecule has 21 heavy (non-hydrogen) atoms. The third kappa shape index (κ3) is 6.22. The minimum Gasteiger partial charge on any atom is -0.353 e. The summed E-state index contributed by atoms with van der Waals surface area (Å²) in [7, 11) is 2.10. The molecule has 2 rings (SSSR count). The molecule has 1 amide bonds. The summed E-state index contributed by atoms with van der Waals surface area (Å²) in [5, 5.41) is 2.90. The highest BCUT2D eigenvalue weighted by Gasteiger charge is 2.25. The lowest BCUT2D eigenvalue weighted by atomic mass is 10.1. The van der Waals surface area contributed by atoms with Crippen LogP contribution in [0.1, 0.15) is 30.0 Å². The molecular weight excluding hydrogens is 309 g/mol. The van der Waals surface area contributed by atoms with Crippen LogP contribution >= 0.6 is 24.8 Å². The van der Waals surface area contributed by atoms with E-state index in [4.69, 9.17) is 5.73 Å². The third-order valence-corrected chi connectivity index (χ3v) is 3.65. The second-order valence-corrected chi connectivity index (χ2v) is 5.39. The van der Waals surface area contributed by atoms with Crippen LogP contribution in [0.2, 0.25) is 0 Å². The molecule has 1 aliphatic carbocycles. The van der Waals surface area contributed by atoms with E-state index in [1.807, 2.05) is 31.2 Å². The first-order valence-corrected chi connectivity index (χ1v) is 6.88. The molecule has 1 saturated carbocycles. The Morgan fingerprint density at radius 2 is 1.90 bits per heavy atom. The van der Waals surface area contributed by atoms with E-state index in [0.717, 1.165) is 18.2 Å². The van der Waals surface area contributed by atoms with Gasteiger partial charge in [0.05, 0.1) is 0 Å². The third-order valence-electron chi connectivity index (χ3n) is 3.65. The molecular formula is C15H25Cl2N3O. The van der Waals surface area contributed by atoms with Crippen LogP contribution in [0.25, 0.3) is 0 Å².